The molecule has 1 aliphatic rings. The maximum Gasteiger partial charge on any atom is 0.0372 e. The van der Waals surface area contributed by atoms with E-state index in [-0.39, 0.29) is 0 Å². The van der Waals surface area contributed by atoms with Gasteiger partial charge >= 0.3 is 0 Å². The molecule has 1 fully saturated rings. The molecule has 0 amide bonds. The first-order valence-corrected chi connectivity index (χ1v) is 5.49. The van der Waals surface area contributed by atoms with Crippen LogP contribution in [0.15, 0.2) is 18.2 Å². The summed E-state index contributed by atoms with van der Waals surface area (Å²) in [6, 6.07) is 7.33. The van der Waals surface area contributed by atoms with E-state index in [1.165, 1.54) is 29.7 Å². The second-order valence-corrected chi connectivity index (χ2v) is 4.74. The zero-order valence-corrected chi connectivity index (χ0v) is 9.30. The summed E-state index contributed by atoms with van der Waals surface area (Å²) in [7, 11) is 0. The number of anilines is 1. The zero-order chi connectivity index (χ0) is 10.1. The Kier molecular flexibility index (Phi) is 2.49. The minimum absolute atomic E-state index is 0.714. The molecular weight excluding hydrogens is 170 g/mol. The lowest BCUT2D eigenvalue weighted by atomic mass is 9.81. The molecule has 0 aliphatic heterocycles. The van der Waals surface area contributed by atoms with E-state index in [9.17, 15) is 0 Å². The van der Waals surface area contributed by atoms with Gasteiger partial charge in [0.1, 0.15) is 0 Å². The van der Waals surface area contributed by atoms with E-state index < -0.39 is 0 Å². The Morgan fingerprint density at radius 2 is 1.93 bits per heavy atom. The van der Waals surface area contributed by atoms with Gasteiger partial charge in [-0.25, -0.2) is 0 Å². The molecule has 0 spiro atoms. The fourth-order valence-electron chi connectivity index (χ4n) is 2.22. The van der Waals surface area contributed by atoms with Crippen molar-refractivity contribution in [1.82, 2.24) is 0 Å². The highest BCUT2D eigenvalue weighted by molar-refractivity contribution is 5.52. The number of benzene rings is 1. The first-order chi connectivity index (χ1) is 6.65. The van der Waals surface area contributed by atoms with Crippen LogP contribution in [0.1, 0.15) is 30.9 Å². The van der Waals surface area contributed by atoms with E-state index in [2.05, 4.69) is 44.3 Å². The molecule has 1 saturated carbocycles. The van der Waals surface area contributed by atoms with Crippen molar-refractivity contribution in [3.05, 3.63) is 29.3 Å². The van der Waals surface area contributed by atoms with Crippen LogP contribution in [0, 0.1) is 19.8 Å². The van der Waals surface area contributed by atoms with Gasteiger partial charge in [-0.2, -0.15) is 0 Å². The van der Waals surface area contributed by atoms with Crippen molar-refractivity contribution in [1.29, 1.82) is 0 Å². The maximum atomic E-state index is 3.60. The van der Waals surface area contributed by atoms with E-state index in [0.717, 1.165) is 5.92 Å². The molecule has 14 heavy (non-hydrogen) atoms. The average molecular weight is 189 g/mol. The van der Waals surface area contributed by atoms with Gasteiger partial charge in [0.05, 0.1) is 0 Å². The normalized spacial score (nSPS) is 25.6. The summed E-state index contributed by atoms with van der Waals surface area (Å²) in [6.45, 7) is 6.64. The monoisotopic (exact) mass is 189 g/mol. The lowest BCUT2D eigenvalue weighted by Crippen LogP contribution is -2.33. The Bertz CT molecular complexity index is 324. The van der Waals surface area contributed by atoms with Gasteiger partial charge in [-0.3, -0.25) is 0 Å². The Balaban J connectivity index is 2.02. The van der Waals surface area contributed by atoms with Crippen molar-refractivity contribution in [2.75, 3.05) is 5.32 Å². The minimum atomic E-state index is 0.714. The Morgan fingerprint density at radius 3 is 2.50 bits per heavy atom. The van der Waals surface area contributed by atoms with Gasteiger partial charge in [0, 0.05) is 11.7 Å². The first kappa shape index (κ1) is 9.57. The van der Waals surface area contributed by atoms with Crippen LogP contribution in [0.5, 0.6) is 0 Å². The summed E-state index contributed by atoms with van der Waals surface area (Å²) in [4.78, 5) is 0. The number of aryl methyl sites for hydroxylation is 2. The van der Waals surface area contributed by atoms with Crippen LogP contribution in [0.2, 0.25) is 0 Å². The average Bonchev–Trinajstić information content (AvgIpc) is 2.06. The number of hydrogen-bond acceptors (Lipinski definition) is 1. The summed E-state index contributed by atoms with van der Waals surface area (Å²) in [5, 5.41) is 3.60. The fourth-order valence-corrected chi connectivity index (χ4v) is 2.22. The number of rotatable bonds is 2. The Hall–Kier alpha value is -0.980. The molecule has 1 nitrogen and oxygen atoms in total. The predicted molar refractivity (Wildman–Crippen MR) is 61.7 cm³/mol. The molecule has 0 aromatic heterocycles. The third-order valence-electron chi connectivity index (χ3n) is 3.12. The molecule has 1 aromatic rings. The van der Waals surface area contributed by atoms with Crippen molar-refractivity contribution < 1.29 is 0 Å². The summed E-state index contributed by atoms with van der Waals surface area (Å²) in [5.74, 6) is 0.915. The van der Waals surface area contributed by atoms with Gasteiger partial charge < -0.3 is 5.32 Å². The van der Waals surface area contributed by atoms with Crippen LogP contribution in [0.4, 0.5) is 5.69 Å². The van der Waals surface area contributed by atoms with Crippen LogP contribution in [-0.4, -0.2) is 6.04 Å². The Morgan fingerprint density at radius 1 is 1.21 bits per heavy atom. The zero-order valence-electron chi connectivity index (χ0n) is 9.30. The van der Waals surface area contributed by atoms with Gasteiger partial charge in [-0.05, 0) is 44.2 Å². The molecule has 76 valence electrons. The van der Waals surface area contributed by atoms with E-state index in [1.807, 2.05) is 0 Å². The van der Waals surface area contributed by atoms with Crippen LogP contribution in [0.25, 0.3) is 0 Å². The SMILES string of the molecule is Cc1ccc(NC2CC(C)C2)c(C)c1. The Labute approximate surface area is 86.5 Å². The largest absolute Gasteiger partial charge is 0.382 e. The number of hydrogen-bond donors (Lipinski definition) is 1. The van der Waals surface area contributed by atoms with Crippen molar-refractivity contribution in [2.45, 2.75) is 39.7 Å². The highest BCUT2D eigenvalue weighted by atomic mass is 14.9. The molecule has 0 heterocycles. The summed E-state index contributed by atoms with van der Waals surface area (Å²) < 4.78 is 0. The molecule has 0 radical (unpaired) electrons. The van der Waals surface area contributed by atoms with E-state index in [4.69, 9.17) is 0 Å². The maximum absolute atomic E-state index is 3.60. The second-order valence-electron chi connectivity index (χ2n) is 4.74. The van der Waals surface area contributed by atoms with E-state index in [0.29, 0.717) is 6.04 Å². The third-order valence-corrected chi connectivity index (χ3v) is 3.12. The van der Waals surface area contributed by atoms with Crippen LogP contribution in [0.3, 0.4) is 0 Å². The highest BCUT2D eigenvalue weighted by Gasteiger charge is 2.25. The molecule has 1 heteroatoms. The van der Waals surface area contributed by atoms with Gasteiger partial charge in [-0.1, -0.05) is 24.6 Å². The molecule has 0 saturated heterocycles. The van der Waals surface area contributed by atoms with E-state index in [1.54, 1.807) is 0 Å². The van der Waals surface area contributed by atoms with Crippen LogP contribution < -0.4 is 5.32 Å². The van der Waals surface area contributed by atoms with Crippen LogP contribution in [-0.2, 0) is 0 Å². The van der Waals surface area contributed by atoms with E-state index >= 15 is 0 Å². The lowest BCUT2D eigenvalue weighted by molar-refractivity contribution is 0.309. The summed E-state index contributed by atoms with van der Waals surface area (Å²) in [6.07, 6.45) is 2.65. The molecule has 1 aromatic carbocycles. The predicted octanol–water partition coefficient (Wildman–Crippen LogP) is 3.51. The molecule has 0 unspecified atom stereocenters. The molecule has 0 bridgehead atoms. The summed E-state index contributed by atoms with van der Waals surface area (Å²) >= 11 is 0. The van der Waals surface area contributed by atoms with Gasteiger partial charge in [-0.15, -0.1) is 0 Å². The van der Waals surface area contributed by atoms with Crippen molar-refractivity contribution in [3.63, 3.8) is 0 Å². The number of nitrogens with one attached hydrogen (secondary N) is 1. The molecule has 1 aliphatic carbocycles. The first-order valence-electron chi connectivity index (χ1n) is 5.49. The van der Waals surface area contributed by atoms with Gasteiger partial charge in [0.25, 0.3) is 0 Å². The lowest BCUT2D eigenvalue weighted by Gasteiger charge is -2.34. The van der Waals surface area contributed by atoms with Crippen molar-refractivity contribution >= 4 is 5.69 Å². The minimum Gasteiger partial charge on any atom is -0.382 e. The van der Waals surface area contributed by atoms with Crippen molar-refractivity contribution in [3.8, 4) is 0 Å². The van der Waals surface area contributed by atoms with Crippen molar-refractivity contribution in [2.24, 2.45) is 5.92 Å². The topological polar surface area (TPSA) is 12.0 Å². The molecule has 2 rings (SSSR count). The third kappa shape index (κ3) is 1.92. The molecule has 0 atom stereocenters. The quantitative estimate of drug-likeness (QED) is 0.750. The standard InChI is InChI=1S/C13H19N/c1-9-4-5-13(11(3)6-9)14-12-7-10(2)8-12/h4-6,10,12,14H,7-8H2,1-3H3. The molecule has 1 N–H and O–H groups in total. The van der Waals surface area contributed by atoms with Gasteiger partial charge in [0.15, 0.2) is 0 Å². The van der Waals surface area contributed by atoms with Gasteiger partial charge in [0.2, 0.25) is 0 Å². The van der Waals surface area contributed by atoms with Crippen LogP contribution >= 0.6 is 0 Å². The molecular formula is C13H19N. The smallest absolute Gasteiger partial charge is 0.0372 e. The summed E-state index contributed by atoms with van der Waals surface area (Å²) in [5.41, 5.74) is 4.02. The highest BCUT2D eigenvalue weighted by Crippen LogP contribution is 2.30. The second kappa shape index (κ2) is 3.64. The fraction of sp³-hybridized carbons (Fsp3) is 0.538.